The average Bonchev–Trinajstić information content (AvgIpc) is 2.86. The fourth-order valence-electron chi connectivity index (χ4n) is 3.61. The lowest BCUT2D eigenvalue weighted by atomic mass is 10.1. The van der Waals surface area contributed by atoms with Gasteiger partial charge in [0.2, 0.25) is 10.0 Å². The van der Waals surface area contributed by atoms with Gasteiger partial charge in [0.1, 0.15) is 5.75 Å². The molecule has 0 spiro atoms. The molecule has 3 rings (SSSR count). The van der Waals surface area contributed by atoms with Crippen LogP contribution in [0.1, 0.15) is 29.7 Å². The van der Waals surface area contributed by atoms with Gasteiger partial charge in [0.05, 0.1) is 38.7 Å². The summed E-state index contributed by atoms with van der Waals surface area (Å²) in [5.74, 6) is 1.35. The number of amides is 1. The summed E-state index contributed by atoms with van der Waals surface area (Å²) < 4.78 is 42.4. The van der Waals surface area contributed by atoms with Crippen LogP contribution in [0.3, 0.4) is 0 Å². The topological polar surface area (TPSA) is 94.2 Å². The molecule has 9 heteroatoms. The lowest BCUT2D eigenvalue weighted by Gasteiger charge is -2.23. The molecule has 0 heterocycles. The molecule has 192 valence electrons. The van der Waals surface area contributed by atoms with Gasteiger partial charge in [-0.25, -0.2) is 8.42 Å². The van der Waals surface area contributed by atoms with Crippen molar-refractivity contribution in [2.24, 2.45) is 0 Å². The van der Waals surface area contributed by atoms with Crippen molar-refractivity contribution in [2.75, 3.05) is 31.4 Å². The van der Waals surface area contributed by atoms with E-state index < -0.39 is 10.0 Å². The van der Waals surface area contributed by atoms with Crippen molar-refractivity contribution in [3.63, 3.8) is 0 Å². The van der Waals surface area contributed by atoms with Gasteiger partial charge in [0, 0.05) is 0 Å². The van der Waals surface area contributed by atoms with E-state index in [9.17, 15) is 13.2 Å². The number of hydrogen-bond acceptors (Lipinski definition) is 6. The third-order valence-corrected chi connectivity index (χ3v) is 6.77. The number of benzene rings is 3. The summed E-state index contributed by atoms with van der Waals surface area (Å²) in [6, 6.07) is 19.5. The third kappa shape index (κ3) is 7.14. The minimum atomic E-state index is -3.50. The zero-order valence-corrected chi connectivity index (χ0v) is 22.0. The summed E-state index contributed by atoms with van der Waals surface area (Å²) >= 11 is 0. The molecule has 1 N–H and O–H groups in total. The van der Waals surface area contributed by atoms with E-state index in [1.54, 1.807) is 44.6 Å². The highest BCUT2D eigenvalue weighted by Crippen LogP contribution is 2.30. The molecule has 0 aliphatic heterocycles. The summed E-state index contributed by atoms with van der Waals surface area (Å²) in [7, 11) is -0.381. The Bertz CT molecular complexity index is 1270. The molecule has 0 radical (unpaired) electrons. The van der Waals surface area contributed by atoms with Crippen molar-refractivity contribution in [2.45, 2.75) is 26.4 Å². The molecule has 0 aliphatic carbocycles. The molecule has 0 unspecified atom stereocenters. The van der Waals surface area contributed by atoms with Crippen LogP contribution in [0.4, 0.5) is 5.69 Å². The van der Waals surface area contributed by atoms with Gasteiger partial charge in [0.15, 0.2) is 18.1 Å². The predicted molar refractivity (Wildman–Crippen MR) is 140 cm³/mol. The summed E-state index contributed by atoms with van der Waals surface area (Å²) in [6.45, 7) is 3.88. The van der Waals surface area contributed by atoms with Crippen molar-refractivity contribution in [1.29, 1.82) is 0 Å². The number of anilines is 1. The Morgan fingerprint density at radius 1 is 0.944 bits per heavy atom. The molecule has 3 aromatic carbocycles. The number of hydrogen-bond donors (Lipinski definition) is 1. The molecule has 0 bridgehead atoms. The first-order valence-electron chi connectivity index (χ1n) is 11.4. The first kappa shape index (κ1) is 26.9. The number of sulfonamides is 1. The molecule has 0 saturated carbocycles. The van der Waals surface area contributed by atoms with Crippen molar-refractivity contribution >= 4 is 21.6 Å². The van der Waals surface area contributed by atoms with E-state index >= 15 is 0 Å². The highest BCUT2D eigenvalue weighted by Gasteiger charge is 2.18. The van der Waals surface area contributed by atoms with Crippen LogP contribution in [0.25, 0.3) is 0 Å². The second kappa shape index (κ2) is 11.8. The lowest BCUT2D eigenvalue weighted by Crippen LogP contribution is -2.31. The summed E-state index contributed by atoms with van der Waals surface area (Å²) in [4.78, 5) is 12.4. The molecule has 1 amide bonds. The Hall–Kier alpha value is -3.72. The van der Waals surface area contributed by atoms with Crippen LogP contribution >= 0.6 is 0 Å². The number of rotatable bonds is 11. The van der Waals surface area contributed by atoms with Crippen molar-refractivity contribution in [3.05, 3.63) is 83.4 Å². The first-order valence-corrected chi connectivity index (χ1v) is 13.2. The molecule has 1 atom stereocenters. The van der Waals surface area contributed by atoms with Gasteiger partial charge in [-0.2, -0.15) is 0 Å². The van der Waals surface area contributed by atoms with Crippen molar-refractivity contribution in [3.8, 4) is 17.2 Å². The van der Waals surface area contributed by atoms with Crippen LogP contribution in [0.5, 0.6) is 17.2 Å². The number of carbonyl (C=O) groups is 1. The van der Waals surface area contributed by atoms with E-state index in [2.05, 4.69) is 5.32 Å². The van der Waals surface area contributed by atoms with E-state index in [4.69, 9.17) is 14.2 Å². The van der Waals surface area contributed by atoms with Crippen LogP contribution in [0.2, 0.25) is 0 Å². The zero-order valence-electron chi connectivity index (χ0n) is 21.1. The predicted octanol–water partition coefficient (Wildman–Crippen LogP) is 4.23. The van der Waals surface area contributed by atoms with E-state index in [1.807, 2.05) is 50.2 Å². The first-order chi connectivity index (χ1) is 17.1. The van der Waals surface area contributed by atoms with Crippen LogP contribution in [-0.4, -0.2) is 41.4 Å². The van der Waals surface area contributed by atoms with Gasteiger partial charge in [-0.3, -0.25) is 9.10 Å². The second-order valence-electron chi connectivity index (χ2n) is 8.44. The van der Waals surface area contributed by atoms with Gasteiger partial charge in [-0.05, 0) is 61.4 Å². The Labute approximate surface area is 212 Å². The molecule has 0 aliphatic rings. The smallest absolute Gasteiger partial charge is 0.258 e. The largest absolute Gasteiger partial charge is 0.493 e. The number of methoxy groups -OCH3 is 2. The number of ether oxygens (including phenoxy) is 3. The second-order valence-corrected chi connectivity index (χ2v) is 10.3. The Morgan fingerprint density at radius 2 is 1.58 bits per heavy atom. The van der Waals surface area contributed by atoms with Gasteiger partial charge in [-0.1, -0.05) is 35.9 Å². The van der Waals surface area contributed by atoms with Gasteiger partial charge in [-0.15, -0.1) is 0 Å². The Kier molecular flexibility index (Phi) is 8.82. The maximum atomic E-state index is 12.4. The van der Waals surface area contributed by atoms with Gasteiger partial charge >= 0.3 is 0 Å². The molecule has 8 nitrogen and oxygen atoms in total. The third-order valence-electron chi connectivity index (χ3n) is 5.63. The molecule has 3 aromatic rings. The minimum absolute atomic E-state index is 0.184. The number of carbonyl (C=O) groups excluding carboxylic acids is 1. The Balaban J connectivity index is 1.60. The summed E-state index contributed by atoms with van der Waals surface area (Å²) in [6.07, 6.45) is 1.18. The maximum Gasteiger partial charge on any atom is 0.258 e. The summed E-state index contributed by atoms with van der Waals surface area (Å²) in [5.41, 5.74) is 3.36. The van der Waals surface area contributed by atoms with E-state index in [-0.39, 0.29) is 25.1 Å². The molecule has 0 fully saturated rings. The Morgan fingerprint density at radius 3 is 2.17 bits per heavy atom. The number of nitrogens with one attached hydrogen (secondary N) is 1. The van der Waals surface area contributed by atoms with Crippen LogP contribution in [0, 0.1) is 6.92 Å². The zero-order chi connectivity index (χ0) is 26.3. The van der Waals surface area contributed by atoms with Crippen LogP contribution < -0.4 is 23.8 Å². The standard InChI is InChI=1S/C27H32N2O6S/c1-19-6-8-21(9-7-19)17-29(36(5,31)32)23-11-13-24(14-12-23)35-18-27(30)28-20(2)22-10-15-25(33-3)26(16-22)34-4/h6-16,20H,17-18H2,1-5H3,(H,28,30)/t20-/m1/s1. The van der Waals surface area contributed by atoms with E-state index in [0.29, 0.717) is 22.9 Å². The van der Waals surface area contributed by atoms with Crippen molar-refractivity contribution < 1.29 is 27.4 Å². The van der Waals surface area contributed by atoms with E-state index in [1.165, 1.54) is 10.6 Å². The molecule has 0 aromatic heterocycles. The highest BCUT2D eigenvalue weighted by atomic mass is 32.2. The fourth-order valence-corrected chi connectivity index (χ4v) is 4.49. The quantitative estimate of drug-likeness (QED) is 0.413. The molecule has 0 saturated heterocycles. The number of aryl methyl sites for hydroxylation is 1. The van der Waals surface area contributed by atoms with Gasteiger partial charge < -0.3 is 19.5 Å². The number of nitrogens with zero attached hydrogens (tertiary/aromatic N) is 1. The van der Waals surface area contributed by atoms with E-state index in [0.717, 1.165) is 16.7 Å². The lowest BCUT2D eigenvalue weighted by molar-refractivity contribution is -0.123. The van der Waals surface area contributed by atoms with Crippen LogP contribution in [0.15, 0.2) is 66.7 Å². The molecular formula is C27H32N2O6S. The average molecular weight is 513 g/mol. The summed E-state index contributed by atoms with van der Waals surface area (Å²) in [5, 5.41) is 2.89. The van der Waals surface area contributed by atoms with Crippen LogP contribution in [-0.2, 0) is 21.4 Å². The molecular weight excluding hydrogens is 480 g/mol. The molecule has 36 heavy (non-hydrogen) atoms. The SMILES string of the molecule is COc1ccc([C@@H](C)NC(=O)COc2ccc(N(Cc3ccc(C)cc3)S(C)(=O)=O)cc2)cc1OC. The van der Waals surface area contributed by atoms with Gasteiger partial charge in [0.25, 0.3) is 5.91 Å². The normalized spacial score (nSPS) is 11.9. The maximum absolute atomic E-state index is 12.4. The van der Waals surface area contributed by atoms with Crippen molar-refractivity contribution in [1.82, 2.24) is 5.32 Å². The monoisotopic (exact) mass is 512 g/mol. The fraction of sp³-hybridized carbons (Fsp3) is 0.296. The highest BCUT2D eigenvalue weighted by molar-refractivity contribution is 7.92. The minimum Gasteiger partial charge on any atom is -0.493 e.